The number of primary amides is 1. The number of benzene rings is 3. The number of hydrogen-bond acceptors (Lipinski definition) is 3. The van der Waals surface area contributed by atoms with Crippen LogP contribution in [0.2, 0.25) is 5.02 Å². The Hall–Kier alpha value is -3.03. The highest BCUT2D eigenvalue weighted by Gasteiger charge is 2.48. The Bertz CT molecular complexity index is 1250. The van der Waals surface area contributed by atoms with Crippen molar-refractivity contribution in [1.82, 2.24) is 5.32 Å². The Morgan fingerprint density at radius 1 is 1.06 bits per heavy atom. The zero-order valence-corrected chi connectivity index (χ0v) is 17.6. The number of fused-ring (bicyclic) bond motifs is 3. The maximum Gasteiger partial charge on any atom is 0.249 e. The largest absolute Gasteiger partial charge is 0.366 e. The summed E-state index contributed by atoms with van der Waals surface area (Å²) in [6.45, 7) is 1.82. The summed E-state index contributed by atoms with van der Waals surface area (Å²) < 4.78 is 44.4. The minimum Gasteiger partial charge on any atom is -0.366 e. The lowest BCUT2D eigenvalue weighted by molar-refractivity contribution is 0.100. The number of nitrogens with two attached hydrogens (primary N) is 1. The van der Waals surface area contributed by atoms with E-state index in [2.05, 4.69) is 10.2 Å². The van der Waals surface area contributed by atoms with E-state index in [-0.39, 0.29) is 16.1 Å². The lowest BCUT2D eigenvalue weighted by Gasteiger charge is -2.45. The van der Waals surface area contributed by atoms with E-state index in [9.17, 15) is 9.18 Å². The van der Waals surface area contributed by atoms with Crippen LogP contribution in [0, 0.1) is 17.5 Å². The average Bonchev–Trinajstić information content (AvgIpc) is 3.12. The standard InChI is InChI=1S/C24H19ClF3N3O/c25-21-17(27)10-18-15(19(21)20-14(23(29)32)6-7-16(26)22(20)28)11-24(12-30-8-9-31(18)24)13-4-2-1-3-5-13/h1-7,10,30H,8-9,11-12H2,(H2,29,32). The maximum absolute atomic E-state index is 15.1. The molecule has 0 spiro atoms. The van der Waals surface area contributed by atoms with Gasteiger partial charge in [0.2, 0.25) is 5.91 Å². The maximum atomic E-state index is 15.1. The van der Waals surface area contributed by atoms with E-state index in [1.807, 2.05) is 30.3 Å². The van der Waals surface area contributed by atoms with E-state index in [0.717, 1.165) is 17.7 Å². The van der Waals surface area contributed by atoms with Crippen LogP contribution in [0.1, 0.15) is 21.5 Å². The molecule has 2 heterocycles. The van der Waals surface area contributed by atoms with Gasteiger partial charge in [-0.3, -0.25) is 4.79 Å². The number of nitrogens with zero attached hydrogens (tertiary/aromatic N) is 1. The first-order valence-corrected chi connectivity index (χ1v) is 10.6. The van der Waals surface area contributed by atoms with Crippen molar-refractivity contribution in [2.45, 2.75) is 12.0 Å². The lowest BCUT2D eigenvalue weighted by atomic mass is 9.83. The minimum atomic E-state index is -1.28. The van der Waals surface area contributed by atoms with Crippen LogP contribution in [0.25, 0.3) is 11.1 Å². The third-order valence-electron chi connectivity index (χ3n) is 6.43. The molecule has 1 fully saturated rings. The van der Waals surface area contributed by atoms with Crippen LogP contribution in [0.3, 0.4) is 0 Å². The van der Waals surface area contributed by atoms with Crippen molar-refractivity contribution in [3.8, 4) is 11.1 Å². The molecule has 0 saturated carbocycles. The topological polar surface area (TPSA) is 58.4 Å². The molecular weight excluding hydrogens is 439 g/mol. The summed E-state index contributed by atoms with van der Waals surface area (Å²) in [5.74, 6) is -4.19. The lowest BCUT2D eigenvalue weighted by Crippen LogP contribution is -2.57. The van der Waals surface area contributed by atoms with Crippen LogP contribution in [0.5, 0.6) is 0 Å². The third-order valence-corrected chi connectivity index (χ3v) is 6.80. The number of amides is 1. The molecule has 8 heteroatoms. The van der Waals surface area contributed by atoms with Gasteiger partial charge in [0, 0.05) is 42.9 Å². The fraction of sp³-hybridized carbons (Fsp3) is 0.208. The van der Waals surface area contributed by atoms with E-state index in [0.29, 0.717) is 37.3 Å². The van der Waals surface area contributed by atoms with Crippen LogP contribution >= 0.6 is 11.6 Å². The molecule has 32 heavy (non-hydrogen) atoms. The van der Waals surface area contributed by atoms with Gasteiger partial charge in [0.15, 0.2) is 11.6 Å². The summed E-state index contributed by atoms with van der Waals surface area (Å²) >= 11 is 6.35. The van der Waals surface area contributed by atoms with Gasteiger partial charge in [-0.1, -0.05) is 41.9 Å². The van der Waals surface area contributed by atoms with Gasteiger partial charge in [-0.05, 0) is 29.3 Å². The van der Waals surface area contributed by atoms with Crippen LogP contribution in [-0.2, 0) is 12.0 Å². The summed E-state index contributed by atoms with van der Waals surface area (Å²) in [7, 11) is 0. The van der Waals surface area contributed by atoms with E-state index < -0.39 is 34.5 Å². The molecule has 2 aliphatic heterocycles. The number of rotatable bonds is 3. The summed E-state index contributed by atoms with van der Waals surface area (Å²) in [5.41, 5.74) is 6.30. The molecule has 0 bridgehead atoms. The Kier molecular flexibility index (Phi) is 4.91. The zero-order chi connectivity index (χ0) is 22.6. The van der Waals surface area contributed by atoms with Crippen LogP contribution < -0.4 is 16.0 Å². The molecule has 2 aliphatic rings. The molecule has 1 atom stereocenters. The number of carbonyl (C=O) groups excluding carboxylic acids is 1. The second-order valence-corrected chi connectivity index (χ2v) is 8.47. The van der Waals surface area contributed by atoms with E-state index in [1.54, 1.807) is 0 Å². The molecule has 3 N–H and O–H groups in total. The van der Waals surface area contributed by atoms with Gasteiger partial charge in [-0.15, -0.1) is 0 Å². The number of carbonyl (C=O) groups is 1. The zero-order valence-electron chi connectivity index (χ0n) is 16.9. The molecule has 1 saturated heterocycles. The minimum absolute atomic E-state index is 0.0304. The molecule has 0 aliphatic carbocycles. The number of halogens is 4. The fourth-order valence-corrected chi connectivity index (χ4v) is 5.30. The molecule has 0 aromatic heterocycles. The molecule has 164 valence electrons. The molecule has 4 nitrogen and oxygen atoms in total. The van der Waals surface area contributed by atoms with E-state index in [4.69, 9.17) is 17.3 Å². The molecule has 0 radical (unpaired) electrons. The molecule has 3 aromatic rings. The average molecular weight is 458 g/mol. The Labute approximate surface area is 187 Å². The first-order chi connectivity index (χ1) is 15.3. The van der Waals surface area contributed by atoms with Crippen molar-refractivity contribution in [2.75, 3.05) is 24.5 Å². The first-order valence-electron chi connectivity index (χ1n) is 10.2. The molecule has 5 rings (SSSR count). The summed E-state index contributed by atoms with van der Waals surface area (Å²) in [6.07, 6.45) is 0.364. The number of piperazine rings is 1. The number of nitrogens with one attached hydrogen (secondary N) is 1. The SMILES string of the molecule is NC(=O)c1ccc(F)c(F)c1-c1c(Cl)c(F)cc2c1CC1(c3ccccc3)CNCCN21. The van der Waals surface area contributed by atoms with Crippen molar-refractivity contribution >= 4 is 23.2 Å². The van der Waals surface area contributed by atoms with Gasteiger partial charge in [-0.25, -0.2) is 13.2 Å². The van der Waals surface area contributed by atoms with Gasteiger partial charge in [0.25, 0.3) is 0 Å². The molecule has 1 amide bonds. The Balaban J connectivity index is 1.82. The summed E-state index contributed by atoms with van der Waals surface area (Å²) in [6, 6.07) is 13.0. The predicted molar refractivity (Wildman–Crippen MR) is 117 cm³/mol. The van der Waals surface area contributed by atoms with Crippen molar-refractivity contribution < 1.29 is 18.0 Å². The van der Waals surface area contributed by atoms with Crippen LogP contribution in [-0.4, -0.2) is 25.5 Å². The highest BCUT2D eigenvalue weighted by Crippen LogP contribution is 2.52. The molecule has 1 unspecified atom stereocenters. The third kappa shape index (κ3) is 2.92. The number of hydrogen-bond donors (Lipinski definition) is 2. The van der Waals surface area contributed by atoms with Gasteiger partial charge in [-0.2, -0.15) is 0 Å². The van der Waals surface area contributed by atoms with Gasteiger partial charge >= 0.3 is 0 Å². The normalized spacial score (nSPS) is 19.6. The monoisotopic (exact) mass is 457 g/mol. The fourth-order valence-electron chi connectivity index (χ4n) is 5.04. The second-order valence-electron chi connectivity index (χ2n) is 8.10. The first kappa shape index (κ1) is 20.8. The highest BCUT2D eigenvalue weighted by atomic mass is 35.5. The Morgan fingerprint density at radius 3 is 2.53 bits per heavy atom. The number of anilines is 1. The van der Waals surface area contributed by atoms with Crippen molar-refractivity contribution in [2.24, 2.45) is 5.73 Å². The quantitative estimate of drug-likeness (QED) is 0.613. The highest BCUT2D eigenvalue weighted by molar-refractivity contribution is 6.34. The second kappa shape index (κ2) is 7.53. The van der Waals surface area contributed by atoms with Crippen molar-refractivity contribution in [1.29, 1.82) is 0 Å². The van der Waals surface area contributed by atoms with Crippen LogP contribution in [0.4, 0.5) is 18.9 Å². The van der Waals surface area contributed by atoms with Gasteiger partial charge in [0.1, 0.15) is 5.82 Å². The summed E-state index contributed by atoms with van der Waals surface area (Å²) in [4.78, 5) is 14.1. The van der Waals surface area contributed by atoms with Crippen molar-refractivity contribution in [3.05, 3.63) is 87.7 Å². The van der Waals surface area contributed by atoms with Gasteiger partial charge < -0.3 is 16.0 Å². The van der Waals surface area contributed by atoms with Crippen molar-refractivity contribution in [3.63, 3.8) is 0 Å². The van der Waals surface area contributed by atoms with E-state index in [1.165, 1.54) is 6.07 Å². The smallest absolute Gasteiger partial charge is 0.249 e. The van der Waals surface area contributed by atoms with Gasteiger partial charge in [0.05, 0.1) is 16.1 Å². The van der Waals surface area contributed by atoms with E-state index >= 15 is 8.78 Å². The molecular formula is C24H19ClF3N3O. The van der Waals surface area contributed by atoms with Crippen LogP contribution in [0.15, 0.2) is 48.5 Å². The Morgan fingerprint density at radius 2 is 1.81 bits per heavy atom. The predicted octanol–water partition coefficient (Wildman–Crippen LogP) is 4.38. The molecule has 3 aromatic carbocycles. The summed E-state index contributed by atoms with van der Waals surface area (Å²) in [5, 5.41) is 3.02.